The summed E-state index contributed by atoms with van der Waals surface area (Å²) in [7, 11) is 0. The second kappa shape index (κ2) is 7.75. The highest BCUT2D eigenvalue weighted by atomic mass is 32.1. The molecular weight excluding hydrogens is 368 g/mol. The molecule has 0 aliphatic carbocycles. The van der Waals surface area contributed by atoms with E-state index in [2.05, 4.69) is 15.8 Å². The minimum absolute atomic E-state index is 0.231. The summed E-state index contributed by atoms with van der Waals surface area (Å²) in [5.74, 6) is -0.667. The lowest BCUT2D eigenvalue weighted by Crippen LogP contribution is -2.52. The van der Waals surface area contributed by atoms with Crippen molar-refractivity contribution in [2.24, 2.45) is 0 Å². The van der Waals surface area contributed by atoms with Crippen LogP contribution >= 0.6 is 11.3 Å². The van der Waals surface area contributed by atoms with Gasteiger partial charge in [-0.2, -0.15) is 0 Å². The van der Waals surface area contributed by atoms with Crippen molar-refractivity contribution < 1.29 is 19.1 Å². The van der Waals surface area contributed by atoms with Crippen molar-refractivity contribution in [2.45, 2.75) is 33.3 Å². The SMILES string of the molecule is CCC1Oc2ccc(-c3csc(C)n3)cc2N(CC(=O)NNC(C)=O)C1=O. The van der Waals surface area contributed by atoms with E-state index in [4.69, 9.17) is 4.74 Å². The smallest absolute Gasteiger partial charge is 0.268 e. The molecule has 1 aromatic carbocycles. The van der Waals surface area contributed by atoms with E-state index in [-0.39, 0.29) is 12.5 Å². The van der Waals surface area contributed by atoms with Crippen LogP contribution in [0.3, 0.4) is 0 Å². The van der Waals surface area contributed by atoms with Gasteiger partial charge in [0.15, 0.2) is 6.10 Å². The zero-order chi connectivity index (χ0) is 19.6. The molecule has 3 rings (SSSR count). The van der Waals surface area contributed by atoms with Crippen molar-refractivity contribution in [3.8, 4) is 17.0 Å². The lowest BCUT2D eigenvalue weighted by Gasteiger charge is -2.34. The Balaban J connectivity index is 1.93. The van der Waals surface area contributed by atoms with E-state index in [1.165, 1.54) is 23.2 Å². The number of aromatic nitrogens is 1. The summed E-state index contributed by atoms with van der Waals surface area (Å²) >= 11 is 1.53. The number of hydrazine groups is 1. The molecule has 0 spiro atoms. The fourth-order valence-corrected chi connectivity index (χ4v) is 3.36. The Morgan fingerprint density at radius 3 is 2.74 bits per heavy atom. The van der Waals surface area contributed by atoms with E-state index >= 15 is 0 Å². The van der Waals surface area contributed by atoms with Crippen LogP contribution < -0.4 is 20.5 Å². The molecule has 2 heterocycles. The van der Waals surface area contributed by atoms with Gasteiger partial charge in [-0.1, -0.05) is 6.92 Å². The lowest BCUT2D eigenvalue weighted by atomic mass is 10.1. The van der Waals surface area contributed by atoms with Crippen LogP contribution in [0.1, 0.15) is 25.3 Å². The van der Waals surface area contributed by atoms with E-state index in [1.54, 1.807) is 12.1 Å². The number of ether oxygens (including phenoxy) is 1. The normalized spacial score (nSPS) is 15.7. The Bertz CT molecular complexity index is 895. The highest BCUT2D eigenvalue weighted by molar-refractivity contribution is 7.09. The first-order valence-corrected chi connectivity index (χ1v) is 9.37. The van der Waals surface area contributed by atoms with Gasteiger partial charge in [0.25, 0.3) is 11.8 Å². The van der Waals surface area contributed by atoms with Gasteiger partial charge in [0.05, 0.1) is 16.4 Å². The van der Waals surface area contributed by atoms with E-state index in [9.17, 15) is 14.4 Å². The molecule has 1 unspecified atom stereocenters. The van der Waals surface area contributed by atoms with Crippen LogP contribution in [0.2, 0.25) is 0 Å². The maximum absolute atomic E-state index is 12.8. The fourth-order valence-electron chi connectivity index (χ4n) is 2.74. The zero-order valence-electron chi connectivity index (χ0n) is 15.2. The lowest BCUT2D eigenvalue weighted by molar-refractivity contribution is -0.130. The number of fused-ring (bicyclic) bond motifs is 1. The number of rotatable bonds is 4. The van der Waals surface area contributed by atoms with Gasteiger partial charge in [-0.05, 0) is 31.5 Å². The Morgan fingerprint density at radius 1 is 1.33 bits per heavy atom. The summed E-state index contributed by atoms with van der Waals surface area (Å²) in [5.41, 5.74) is 6.64. The molecule has 9 heteroatoms. The molecular formula is C18H20N4O4S. The molecule has 0 radical (unpaired) electrons. The minimum atomic E-state index is -0.654. The highest BCUT2D eigenvalue weighted by Gasteiger charge is 2.34. The third-order valence-electron chi connectivity index (χ3n) is 4.03. The first-order valence-electron chi connectivity index (χ1n) is 8.49. The quantitative estimate of drug-likeness (QED) is 0.778. The number of aryl methyl sites for hydroxylation is 1. The van der Waals surface area contributed by atoms with Gasteiger partial charge >= 0.3 is 0 Å². The van der Waals surface area contributed by atoms with E-state index in [0.29, 0.717) is 17.9 Å². The Labute approximate surface area is 160 Å². The molecule has 1 aliphatic heterocycles. The molecule has 8 nitrogen and oxygen atoms in total. The van der Waals surface area contributed by atoms with Gasteiger partial charge in [-0.15, -0.1) is 11.3 Å². The predicted molar refractivity (Wildman–Crippen MR) is 101 cm³/mol. The van der Waals surface area contributed by atoms with Crippen molar-refractivity contribution in [3.63, 3.8) is 0 Å². The summed E-state index contributed by atoms with van der Waals surface area (Å²) in [4.78, 5) is 41.7. The van der Waals surface area contributed by atoms with Crippen LogP contribution in [0.15, 0.2) is 23.6 Å². The van der Waals surface area contributed by atoms with E-state index in [1.807, 2.05) is 25.3 Å². The molecule has 0 saturated carbocycles. The molecule has 0 fully saturated rings. The molecule has 1 atom stereocenters. The van der Waals surface area contributed by atoms with Crippen molar-refractivity contribution in [3.05, 3.63) is 28.6 Å². The molecule has 2 N–H and O–H groups in total. The summed E-state index contributed by atoms with van der Waals surface area (Å²) in [6, 6.07) is 5.46. The van der Waals surface area contributed by atoms with Crippen molar-refractivity contribution in [2.75, 3.05) is 11.4 Å². The third-order valence-corrected chi connectivity index (χ3v) is 4.80. The van der Waals surface area contributed by atoms with Crippen LogP contribution in [0.25, 0.3) is 11.3 Å². The monoisotopic (exact) mass is 388 g/mol. The van der Waals surface area contributed by atoms with Crippen LogP contribution in [-0.4, -0.2) is 35.4 Å². The fraction of sp³-hybridized carbons (Fsp3) is 0.333. The van der Waals surface area contributed by atoms with Crippen LogP contribution in [0.4, 0.5) is 5.69 Å². The predicted octanol–water partition coefficient (Wildman–Crippen LogP) is 1.79. The number of carbonyl (C=O) groups is 3. The number of nitrogens with zero attached hydrogens (tertiary/aromatic N) is 2. The van der Waals surface area contributed by atoms with Gasteiger partial charge in [0, 0.05) is 17.9 Å². The van der Waals surface area contributed by atoms with Gasteiger partial charge in [0.1, 0.15) is 12.3 Å². The second-order valence-corrected chi connectivity index (χ2v) is 7.16. The van der Waals surface area contributed by atoms with Gasteiger partial charge in [-0.25, -0.2) is 4.98 Å². The van der Waals surface area contributed by atoms with Crippen molar-refractivity contribution in [1.82, 2.24) is 15.8 Å². The molecule has 142 valence electrons. The third kappa shape index (κ3) is 4.08. The maximum Gasteiger partial charge on any atom is 0.268 e. The Hall–Kier alpha value is -2.94. The topological polar surface area (TPSA) is 101 Å². The second-order valence-electron chi connectivity index (χ2n) is 6.10. The number of hydrogen-bond donors (Lipinski definition) is 2. The Kier molecular flexibility index (Phi) is 5.41. The molecule has 3 amide bonds. The largest absolute Gasteiger partial charge is 0.478 e. The van der Waals surface area contributed by atoms with E-state index in [0.717, 1.165) is 16.3 Å². The molecule has 27 heavy (non-hydrogen) atoms. The van der Waals surface area contributed by atoms with Gasteiger partial charge in [-0.3, -0.25) is 30.1 Å². The average Bonchev–Trinajstić information content (AvgIpc) is 3.08. The molecule has 0 bridgehead atoms. The van der Waals surface area contributed by atoms with Crippen LogP contribution in [0, 0.1) is 6.92 Å². The summed E-state index contributed by atoms with van der Waals surface area (Å²) in [5, 5.41) is 2.87. The maximum atomic E-state index is 12.8. The number of anilines is 1. The highest BCUT2D eigenvalue weighted by Crippen LogP contribution is 2.38. The van der Waals surface area contributed by atoms with Crippen LogP contribution in [-0.2, 0) is 14.4 Å². The van der Waals surface area contributed by atoms with E-state index < -0.39 is 17.9 Å². The molecule has 0 saturated heterocycles. The average molecular weight is 388 g/mol. The zero-order valence-corrected chi connectivity index (χ0v) is 16.1. The first kappa shape index (κ1) is 18.8. The minimum Gasteiger partial charge on any atom is -0.478 e. The van der Waals surface area contributed by atoms with Gasteiger partial charge in [0.2, 0.25) is 5.91 Å². The first-order chi connectivity index (χ1) is 12.9. The molecule has 1 aliphatic rings. The number of hydrogen-bond acceptors (Lipinski definition) is 6. The van der Waals surface area contributed by atoms with Crippen LogP contribution in [0.5, 0.6) is 5.75 Å². The van der Waals surface area contributed by atoms with Crippen molar-refractivity contribution in [1.29, 1.82) is 0 Å². The molecule has 1 aromatic heterocycles. The number of benzene rings is 1. The Morgan fingerprint density at radius 2 is 2.11 bits per heavy atom. The summed E-state index contributed by atoms with van der Waals surface area (Å²) in [6.07, 6.45) is -0.173. The summed E-state index contributed by atoms with van der Waals surface area (Å²) < 4.78 is 5.79. The summed E-state index contributed by atoms with van der Waals surface area (Å²) in [6.45, 7) is 4.81. The number of nitrogens with one attached hydrogen (secondary N) is 2. The number of thiazole rings is 1. The standard InChI is InChI=1S/C18H20N4O4S/c1-4-15-18(25)22(8-17(24)21-20-10(2)23)14-7-12(5-6-16(14)26-15)13-9-27-11(3)19-13/h5-7,9,15H,4,8H2,1-3H3,(H,20,23)(H,21,24). The molecule has 2 aromatic rings. The number of amides is 3. The van der Waals surface area contributed by atoms with Gasteiger partial charge < -0.3 is 4.74 Å². The van der Waals surface area contributed by atoms with Crippen molar-refractivity contribution >= 4 is 34.7 Å². The number of carbonyl (C=O) groups excluding carboxylic acids is 3.